The Bertz CT molecular complexity index is 1770. The molecule has 1 aromatic heterocycles. The second kappa shape index (κ2) is 11.5. The fraction of sp³-hybridized carbons (Fsp3) is 0.294. The summed E-state index contributed by atoms with van der Waals surface area (Å²) in [4.78, 5) is 40.3. The fourth-order valence-electron chi connectivity index (χ4n) is 6.06. The second-order valence-electron chi connectivity index (χ2n) is 11.2. The molecule has 1 amide bonds. The fourth-order valence-corrected chi connectivity index (χ4v) is 6.06. The second-order valence-corrected chi connectivity index (χ2v) is 11.2. The molecule has 10 heteroatoms. The molecule has 1 N–H and O–H groups in total. The van der Waals surface area contributed by atoms with Crippen molar-refractivity contribution >= 4 is 17.7 Å². The topological polar surface area (TPSA) is 120 Å². The molecular weight excluding hydrogens is 562 g/mol. The minimum atomic E-state index is -1.01. The number of carbonyl (C=O) groups is 3. The Hall–Kier alpha value is -5.12. The normalized spacial score (nSPS) is 15.4. The van der Waals surface area contributed by atoms with Crippen molar-refractivity contribution in [3.63, 3.8) is 0 Å². The van der Waals surface area contributed by atoms with Gasteiger partial charge in [0, 0.05) is 50.3 Å². The van der Waals surface area contributed by atoms with Gasteiger partial charge in [-0.25, -0.2) is 4.79 Å². The number of hydrogen-bond donors (Lipinski definition) is 1. The van der Waals surface area contributed by atoms with Gasteiger partial charge in [0.25, 0.3) is 5.91 Å². The predicted octanol–water partition coefficient (Wildman–Crippen LogP) is 5.50. The number of nitrogens with zero attached hydrogens (tertiary/aromatic N) is 3. The van der Waals surface area contributed by atoms with Crippen LogP contribution in [0, 0.1) is 0 Å². The first-order chi connectivity index (χ1) is 21.2. The summed E-state index contributed by atoms with van der Waals surface area (Å²) in [6, 6.07) is 15.5. The average molecular weight is 596 g/mol. The molecule has 0 bridgehead atoms. The number of aromatic nitrogens is 2. The number of hydrogen-bond acceptors (Lipinski definition) is 7. The van der Waals surface area contributed by atoms with E-state index in [1.165, 1.54) is 6.07 Å². The lowest BCUT2D eigenvalue weighted by atomic mass is 9.81. The van der Waals surface area contributed by atoms with Gasteiger partial charge in [0.2, 0.25) is 0 Å². The molecule has 44 heavy (non-hydrogen) atoms. The average Bonchev–Trinajstić information content (AvgIpc) is 3.46. The number of fused-ring (bicyclic) bond motifs is 1. The highest BCUT2D eigenvalue weighted by molar-refractivity contribution is 6.02. The van der Waals surface area contributed by atoms with Crippen LogP contribution in [0.4, 0.5) is 0 Å². The maximum absolute atomic E-state index is 13.7. The molecule has 3 aromatic carbocycles. The Balaban J connectivity index is 1.19. The summed E-state index contributed by atoms with van der Waals surface area (Å²) in [6.45, 7) is 3.17. The molecule has 0 unspecified atom stereocenters. The van der Waals surface area contributed by atoms with Crippen LogP contribution in [0.1, 0.15) is 57.3 Å². The van der Waals surface area contributed by atoms with Crippen molar-refractivity contribution in [2.75, 3.05) is 26.8 Å². The number of aryl methyl sites for hydroxylation is 1. The van der Waals surface area contributed by atoms with Crippen LogP contribution in [-0.2, 0) is 7.05 Å². The highest BCUT2D eigenvalue weighted by Crippen LogP contribution is 2.43. The van der Waals surface area contributed by atoms with Crippen LogP contribution in [-0.4, -0.2) is 69.9 Å². The largest absolute Gasteiger partial charge is 0.496 e. The molecule has 0 atom stereocenters. The van der Waals surface area contributed by atoms with E-state index < -0.39 is 11.6 Å². The van der Waals surface area contributed by atoms with Crippen molar-refractivity contribution in [3.05, 3.63) is 83.7 Å². The van der Waals surface area contributed by atoms with E-state index in [1.807, 2.05) is 32.3 Å². The first-order valence-electron chi connectivity index (χ1n) is 14.5. The highest BCUT2D eigenvalue weighted by Gasteiger charge is 2.44. The molecule has 1 spiro atoms. The Morgan fingerprint density at radius 3 is 2.43 bits per heavy atom. The number of amides is 1. The number of carboxylic acids is 1. The van der Waals surface area contributed by atoms with Gasteiger partial charge in [-0.2, -0.15) is 5.10 Å². The van der Waals surface area contributed by atoms with Gasteiger partial charge in [0.1, 0.15) is 22.8 Å². The zero-order chi connectivity index (χ0) is 31.0. The van der Waals surface area contributed by atoms with Crippen molar-refractivity contribution < 1.29 is 33.7 Å². The van der Waals surface area contributed by atoms with Gasteiger partial charge >= 0.3 is 5.97 Å². The molecule has 226 valence electrons. The number of carbonyl (C=O) groups excluding carboxylic acids is 2. The van der Waals surface area contributed by atoms with Crippen LogP contribution in [0.5, 0.6) is 17.2 Å². The van der Waals surface area contributed by atoms with Crippen LogP contribution < -0.4 is 14.2 Å². The predicted molar refractivity (Wildman–Crippen MR) is 163 cm³/mol. The Kier molecular flexibility index (Phi) is 7.59. The molecule has 1 fully saturated rings. The molecule has 0 saturated carbocycles. The summed E-state index contributed by atoms with van der Waals surface area (Å²) in [5, 5.41) is 13.6. The molecule has 2 aliphatic rings. The number of benzene rings is 3. The Labute approximate surface area is 254 Å². The highest BCUT2D eigenvalue weighted by atomic mass is 16.5. The smallest absolute Gasteiger partial charge is 0.335 e. The zero-order valence-corrected chi connectivity index (χ0v) is 24.8. The summed E-state index contributed by atoms with van der Waals surface area (Å²) in [5.74, 6) is 0.394. The van der Waals surface area contributed by atoms with E-state index in [-0.39, 0.29) is 23.7 Å². The number of aromatic carboxylic acids is 1. The molecule has 6 rings (SSSR count). The van der Waals surface area contributed by atoms with Crippen LogP contribution in [0.3, 0.4) is 0 Å². The van der Waals surface area contributed by atoms with Crippen molar-refractivity contribution in [2.24, 2.45) is 7.05 Å². The van der Waals surface area contributed by atoms with E-state index in [2.05, 4.69) is 5.10 Å². The standard InChI is InChI=1S/C34H33N3O7/c1-4-43-30-17-24(16-29(42-3)31(30)25-19-35-36(2)20-25)32(39)37-12-10-34(11-13-37)18-27(38)26-15-22(8-9-28(26)44-34)21-6-5-7-23(14-21)33(40)41/h5-9,14-17,19-20H,4,10-13,18H2,1-3H3,(H,40,41). The first-order valence-corrected chi connectivity index (χ1v) is 14.5. The summed E-state index contributed by atoms with van der Waals surface area (Å²) >= 11 is 0. The number of likely N-dealkylation sites (tertiary alicyclic amines) is 1. The molecule has 10 nitrogen and oxygen atoms in total. The quantitative estimate of drug-likeness (QED) is 0.298. The van der Waals surface area contributed by atoms with E-state index >= 15 is 0 Å². The molecule has 2 aliphatic heterocycles. The summed E-state index contributed by atoms with van der Waals surface area (Å²) in [7, 11) is 3.40. The lowest BCUT2D eigenvalue weighted by molar-refractivity contribution is -0.00573. The summed E-state index contributed by atoms with van der Waals surface area (Å²) < 4.78 is 19.8. The molecule has 4 aromatic rings. The van der Waals surface area contributed by atoms with Gasteiger partial charge in [-0.15, -0.1) is 0 Å². The molecular formula is C34H33N3O7. The molecule has 3 heterocycles. The van der Waals surface area contributed by atoms with Crippen LogP contribution in [0.25, 0.3) is 22.3 Å². The maximum atomic E-state index is 13.7. The minimum absolute atomic E-state index is 0.0284. The summed E-state index contributed by atoms with van der Waals surface area (Å²) in [5.41, 5.74) is 3.45. The van der Waals surface area contributed by atoms with Gasteiger partial charge in [-0.1, -0.05) is 18.2 Å². The third-order valence-corrected chi connectivity index (χ3v) is 8.32. The van der Waals surface area contributed by atoms with Crippen LogP contribution in [0.2, 0.25) is 0 Å². The van der Waals surface area contributed by atoms with Crippen molar-refractivity contribution in [1.29, 1.82) is 0 Å². The maximum Gasteiger partial charge on any atom is 0.335 e. The van der Waals surface area contributed by atoms with E-state index in [0.717, 1.165) is 16.7 Å². The molecule has 0 aliphatic carbocycles. The van der Waals surface area contributed by atoms with E-state index in [9.17, 15) is 19.5 Å². The molecule has 0 radical (unpaired) electrons. The van der Waals surface area contributed by atoms with E-state index in [1.54, 1.807) is 59.3 Å². The van der Waals surface area contributed by atoms with Gasteiger partial charge in [-0.3, -0.25) is 14.3 Å². The van der Waals surface area contributed by atoms with E-state index in [4.69, 9.17) is 14.2 Å². The third-order valence-electron chi connectivity index (χ3n) is 8.32. The number of rotatable bonds is 7. The van der Waals surface area contributed by atoms with Gasteiger partial charge in [0.15, 0.2) is 5.78 Å². The Morgan fingerprint density at radius 2 is 1.75 bits per heavy atom. The summed E-state index contributed by atoms with van der Waals surface area (Å²) in [6.07, 6.45) is 4.83. The van der Waals surface area contributed by atoms with Crippen molar-refractivity contribution in [1.82, 2.24) is 14.7 Å². The van der Waals surface area contributed by atoms with Crippen LogP contribution >= 0.6 is 0 Å². The van der Waals surface area contributed by atoms with Crippen LogP contribution in [0.15, 0.2) is 67.0 Å². The number of piperidine rings is 1. The van der Waals surface area contributed by atoms with Gasteiger partial charge in [0.05, 0.1) is 43.0 Å². The third kappa shape index (κ3) is 5.39. The van der Waals surface area contributed by atoms with Crippen molar-refractivity contribution in [2.45, 2.75) is 31.8 Å². The lowest BCUT2D eigenvalue weighted by Crippen LogP contribution is -2.52. The number of ether oxygens (including phenoxy) is 3. The number of carboxylic acid groups (broad SMARTS) is 1. The lowest BCUT2D eigenvalue weighted by Gasteiger charge is -2.44. The SMILES string of the molecule is CCOc1cc(C(=O)N2CCC3(CC2)CC(=O)c2cc(-c4cccc(C(=O)O)c4)ccc2O3)cc(OC)c1-c1cnn(C)c1. The van der Waals surface area contributed by atoms with Gasteiger partial charge < -0.3 is 24.2 Å². The van der Waals surface area contributed by atoms with E-state index in [0.29, 0.717) is 66.5 Å². The minimum Gasteiger partial charge on any atom is -0.496 e. The Morgan fingerprint density at radius 1 is 1.00 bits per heavy atom. The number of ketones is 1. The van der Waals surface area contributed by atoms with Gasteiger partial charge in [-0.05, 0) is 54.4 Å². The number of methoxy groups -OCH3 is 1. The number of Topliss-reactive ketones (excluding diaryl/α,β-unsaturated/α-hetero) is 1. The molecule has 1 saturated heterocycles. The first kappa shape index (κ1) is 29.0. The van der Waals surface area contributed by atoms with Crippen molar-refractivity contribution in [3.8, 4) is 39.5 Å². The zero-order valence-electron chi connectivity index (χ0n) is 24.8. The monoisotopic (exact) mass is 595 g/mol.